The number of benzene rings is 2. The Bertz CT molecular complexity index is 645. The van der Waals surface area contributed by atoms with Gasteiger partial charge in [-0.3, -0.25) is 4.79 Å². The minimum absolute atomic E-state index is 0.0307. The Kier molecular flexibility index (Phi) is 7.19. The molecule has 2 aromatic rings. The topological polar surface area (TPSA) is 38.3 Å². The third kappa shape index (κ3) is 5.93. The van der Waals surface area contributed by atoms with Gasteiger partial charge < -0.3 is 10.1 Å². The van der Waals surface area contributed by atoms with Crippen LogP contribution in [0.2, 0.25) is 0 Å². The number of aryl methyl sites for hydroxylation is 1. The van der Waals surface area contributed by atoms with Gasteiger partial charge in [-0.2, -0.15) is 0 Å². The number of carbonyl (C=O) groups excluding carboxylic acids is 1. The number of thioether (sulfide) groups is 1. The lowest BCUT2D eigenvalue weighted by atomic mass is 10.2. The monoisotopic (exact) mass is 343 g/mol. The summed E-state index contributed by atoms with van der Waals surface area (Å²) in [6, 6.07) is 18.1. The van der Waals surface area contributed by atoms with Gasteiger partial charge in [0.2, 0.25) is 5.91 Å². The molecule has 0 aliphatic carbocycles. The maximum atomic E-state index is 12.3. The van der Waals surface area contributed by atoms with Crippen LogP contribution in [0.5, 0.6) is 5.75 Å². The molecule has 0 aliphatic heterocycles. The van der Waals surface area contributed by atoms with Crippen LogP contribution in [0.15, 0.2) is 54.6 Å². The Morgan fingerprint density at radius 3 is 2.46 bits per heavy atom. The summed E-state index contributed by atoms with van der Waals surface area (Å²) in [5.41, 5.74) is 2.33. The van der Waals surface area contributed by atoms with Crippen LogP contribution in [0.3, 0.4) is 0 Å². The van der Waals surface area contributed by atoms with Crippen molar-refractivity contribution in [3.8, 4) is 5.75 Å². The minimum Gasteiger partial charge on any atom is -0.491 e. The summed E-state index contributed by atoms with van der Waals surface area (Å²) in [6.07, 6.45) is 0. The van der Waals surface area contributed by atoms with Crippen LogP contribution in [0.25, 0.3) is 0 Å². The van der Waals surface area contributed by atoms with E-state index in [0.717, 1.165) is 17.1 Å². The summed E-state index contributed by atoms with van der Waals surface area (Å²) in [4.78, 5) is 12.3. The van der Waals surface area contributed by atoms with E-state index in [4.69, 9.17) is 4.74 Å². The van der Waals surface area contributed by atoms with Crippen LogP contribution in [0, 0.1) is 6.92 Å². The molecule has 2 atom stereocenters. The van der Waals surface area contributed by atoms with Crippen molar-refractivity contribution < 1.29 is 9.53 Å². The third-order valence-electron chi connectivity index (χ3n) is 3.68. The second kappa shape index (κ2) is 9.38. The first-order valence-electron chi connectivity index (χ1n) is 8.20. The van der Waals surface area contributed by atoms with Crippen molar-refractivity contribution in [3.63, 3.8) is 0 Å². The molecule has 0 aromatic heterocycles. The van der Waals surface area contributed by atoms with Crippen LogP contribution in [0.4, 0.5) is 0 Å². The number of amides is 1. The van der Waals surface area contributed by atoms with Gasteiger partial charge in [0.05, 0.1) is 11.3 Å². The molecule has 1 amide bonds. The molecule has 2 aromatic carbocycles. The fourth-order valence-electron chi connectivity index (χ4n) is 2.21. The van der Waals surface area contributed by atoms with E-state index in [1.165, 1.54) is 5.56 Å². The number of ether oxygens (including phenoxy) is 1. The van der Waals surface area contributed by atoms with Crippen molar-refractivity contribution >= 4 is 17.7 Å². The van der Waals surface area contributed by atoms with E-state index < -0.39 is 0 Å². The van der Waals surface area contributed by atoms with Crippen molar-refractivity contribution in [1.82, 2.24) is 5.32 Å². The largest absolute Gasteiger partial charge is 0.491 e. The molecule has 0 spiro atoms. The van der Waals surface area contributed by atoms with Crippen LogP contribution in [0.1, 0.15) is 25.0 Å². The molecule has 0 saturated heterocycles. The van der Waals surface area contributed by atoms with Crippen LogP contribution >= 0.6 is 11.8 Å². The molecule has 0 bridgehead atoms. The summed E-state index contributed by atoms with van der Waals surface area (Å²) in [5, 5.41) is 2.93. The minimum atomic E-state index is -0.0916. The first kappa shape index (κ1) is 18.4. The highest BCUT2D eigenvalue weighted by Gasteiger charge is 2.16. The number of para-hydroxylation sites is 1. The highest BCUT2D eigenvalue weighted by molar-refractivity contribution is 7.99. The Morgan fingerprint density at radius 2 is 1.75 bits per heavy atom. The highest BCUT2D eigenvalue weighted by atomic mass is 32.2. The zero-order valence-corrected chi connectivity index (χ0v) is 15.3. The summed E-state index contributed by atoms with van der Waals surface area (Å²) >= 11 is 1.64. The standard InChI is InChI=1S/C20H25NO2S/c1-15-9-7-8-12-19(15)23-13-16(2)21-20(22)17(3)24-14-18-10-5-4-6-11-18/h4-12,16-17H,13-14H2,1-3H3,(H,21,22). The van der Waals surface area contributed by atoms with Crippen LogP contribution in [-0.4, -0.2) is 23.8 Å². The molecule has 2 rings (SSSR count). The van der Waals surface area contributed by atoms with E-state index in [-0.39, 0.29) is 17.2 Å². The van der Waals surface area contributed by atoms with Gasteiger partial charge in [0.15, 0.2) is 0 Å². The van der Waals surface area contributed by atoms with E-state index in [1.807, 2.05) is 63.2 Å². The Hall–Kier alpha value is -1.94. The molecule has 128 valence electrons. The van der Waals surface area contributed by atoms with Crippen LogP contribution in [-0.2, 0) is 10.5 Å². The fourth-order valence-corrected chi connectivity index (χ4v) is 3.06. The third-order valence-corrected chi connectivity index (χ3v) is 4.90. The average Bonchev–Trinajstić information content (AvgIpc) is 2.59. The Balaban J connectivity index is 1.73. The molecule has 0 fully saturated rings. The molecule has 0 saturated carbocycles. The van der Waals surface area contributed by atoms with E-state index in [0.29, 0.717) is 6.61 Å². The van der Waals surface area contributed by atoms with E-state index in [9.17, 15) is 4.79 Å². The molecule has 2 unspecified atom stereocenters. The van der Waals surface area contributed by atoms with Gasteiger partial charge in [0.25, 0.3) is 0 Å². The van der Waals surface area contributed by atoms with Crippen molar-refractivity contribution in [2.45, 2.75) is 37.8 Å². The molecule has 1 N–H and O–H groups in total. The fraction of sp³-hybridized carbons (Fsp3) is 0.350. The average molecular weight is 343 g/mol. The first-order chi connectivity index (χ1) is 11.6. The smallest absolute Gasteiger partial charge is 0.233 e. The second-order valence-electron chi connectivity index (χ2n) is 5.92. The van der Waals surface area contributed by atoms with Crippen LogP contribution < -0.4 is 10.1 Å². The molecule has 3 nitrogen and oxygen atoms in total. The van der Waals surface area contributed by atoms with Gasteiger partial charge in [0.1, 0.15) is 12.4 Å². The number of carbonyl (C=O) groups is 1. The normalized spacial score (nSPS) is 13.1. The molecule has 0 radical (unpaired) electrons. The number of nitrogens with one attached hydrogen (secondary N) is 1. The van der Waals surface area contributed by atoms with Gasteiger partial charge in [-0.05, 0) is 38.0 Å². The molecule has 0 heterocycles. The van der Waals surface area contributed by atoms with E-state index >= 15 is 0 Å². The van der Waals surface area contributed by atoms with Crippen molar-refractivity contribution in [1.29, 1.82) is 0 Å². The lowest BCUT2D eigenvalue weighted by Crippen LogP contribution is -2.40. The molecular formula is C20H25NO2S. The number of hydrogen-bond donors (Lipinski definition) is 1. The molecule has 0 aliphatic rings. The second-order valence-corrected chi connectivity index (χ2v) is 7.25. The van der Waals surface area contributed by atoms with Crippen molar-refractivity contribution in [2.24, 2.45) is 0 Å². The van der Waals surface area contributed by atoms with Crippen molar-refractivity contribution in [3.05, 3.63) is 65.7 Å². The zero-order chi connectivity index (χ0) is 17.4. The van der Waals surface area contributed by atoms with E-state index in [2.05, 4.69) is 17.4 Å². The summed E-state index contributed by atoms with van der Waals surface area (Å²) in [6.45, 7) is 6.39. The van der Waals surface area contributed by atoms with Gasteiger partial charge in [-0.15, -0.1) is 11.8 Å². The predicted octanol–water partition coefficient (Wildman–Crippen LogP) is 4.20. The summed E-state index contributed by atoms with van der Waals surface area (Å²) in [5.74, 6) is 1.76. The lowest BCUT2D eigenvalue weighted by Gasteiger charge is -2.18. The molecular weight excluding hydrogens is 318 g/mol. The number of rotatable bonds is 8. The predicted molar refractivity (Wildman–Crippen MR) is 101 cm³/mol. The quantitative estimate of drug-likeness (QED) is 0.781. The van der Waals surface area contributed by atoms with E-state index in [1.54, 1.807) is 11.8 Å². The van der Waals surface area contributed by atoms with Gasteiger partial charge in [0, 0.05) is 5.75 Å². The SMILES string of the molecule is Cc1ccccc1OCC(C)NC(=O)C(C)SCc1ccccc1. The zero-order valence-electron chi connectivity index (χ0n) is 14.5. The first-order valence-corrected chi connectivity index (χ1v) is 9.25. The maximum Gasteiger partial charge on any atom is 0.233 e. The Morgan fingerprint density at radius 1 is 1.08 bits per heavy atom. The Labute approximate surface area is 148 Å². The summed E-state index contributed by atoms with van der Waals surface area (Å²) in [7, 11) is 0. The highest BCUT2D eigenvalue weighted by Crippen LogP contribution is 2.18. The lowest BCUT2D eigenvalue weighted by molar-refractivity contribution is -0.121. The van der Waals surface area contributed by atoms with Crippen molar-refractivity contribution in [2.75, 3.05) is 6.61 Å². The maximum absolute atomic E-state index is 12.3. The molecule has 24 heavy (non-hydrogen) atoms. The van der Waals surface area contributed by atoms with Gasteiger partial charge in [-0.25, -0.2) is 0 Å². The number of hydrogen-bond acceptors (Lipinski definition) is 3. The van der Waals surface area contributed by atoms with Gasteiger partial charge >= 0.3 is 0 Å². The van der Waals surface area contributed by atoms with Gasteiger partial charge in [-0.1, -0.05) is 48.5 Å². The summed E-state index contributed by atoms with van der Waals surface area (Å²) < 4.78 is 5.79. The molecule has 4 heteroatoms.